The van der Waals surface area contributed by atoms with Gasteiger partial charge in [0.15, 0.2) is 5.12 Å². The van der Waals surface area contributed by atoms with Crippen molar-refractivity contribution in [1.82, 2.24) is 0 Å². The average molecular weight is 226 g/mol. The molecule has 15 heavy (non-hydrogen) atoms. The van der Waals surface area contributed by atoms with Crippen LogP contribution in [-0.4, -0.2) is 10.9 Å². The Morgan fingerprint density at radius 1 is 1.67 bits per heavy atom. The molecule has 2 unspecified atom stereocenters. The van der Waals surface area contributed by atoms with Crippen LogP contribution < -0.4 is 0 Å². The topological polar surface area (TPSA) is 17.1 Å². The van der Waals surface area contributed by atoms with E-state index in [1.165, 1.54) is 30.2 Å². The predicted octanol–water partition coefficient (Wildman–Crippen LogP) is 4.04. The Morgan fingerprint density at radius 3 is 2.93 bits per heavy atom. The summed E-state index contributed by atoms with van der Waals surface area (Å²) < 4.78 is 0. The van der Waals surface area contributed by atoms with Crippen LogP contribution in [-0.2, 0) is 4.79 Å². The van der Waals surface area contributed by atoms with Crippen molar-refractivity contribution in [2.24, 2.45) is 11.8 Å². The van der Waals surface area contributed by atoms with Crippen LogP contribution in [0.3, 0.4) is 0 Å². The van der Waals surface area contributed by atoms with E-state index in [2.05, 4.69) is 26.8 Å². The third-order valence-electron chi connectivity index (χ3n) is 3.21. The van der Waals surface area contributed by atoms with Crippen molar-refractivity contribution in [2.75, 3.05) is 5.75 Å². The van der Waals surface area contributed by atoms with Gasteiger partial charge in [0.05, 0.1) is 0 Å². The quantitative estimate of drug-likeness (QED) is 0.673. The summed E-state index contributed by atoms with van der Waals surface area (Å²) in [5.74, 6) is 1.81. The number of thioether (sulfide) groups is 1. The lowest BCUT2D eigenvalue weighted by atomic mass is 9.82. The summed E-state index contributed by atoms with van der Waals surface area (Å²) in [6, 6.07) is 0. The molecule has 1 aliphatic carbocycles. The summed E-state index contributed by atoms with van der Waals surface area (Å²) in [6.07, 6.45) is 6.88. The summed E-state index contributed by atoms with van der Waals surface area (Å²) in [5, 5.41) is 0.398. The number of allylic oxidation sites excluding steroid dienone is 2. The second-order valence-electron chi connectivity index (χ2n) is 4.54. The van der Waals surface area contributed by atoms with Gasteiger partial charge < -0.3 is 0 Å². The van der Waals surface area contributed by atoms with Gasteiger partial charge in [-0.05, 0) is 38.5 Å². The standard InChI is InChI=1S/C13H22OS/c1-4-9-15-13(14)11(3)12-7-5-10(2)6-8-12/h5,11-12H,4,6-9H2,1-3H3. The lowest BCUT2D eigenvalue weighted by Crippen LogP contribution is -2.20. The minimum atomic E-state index is 0.242. The molecule has 1 aliphatic rings. The molecule has 0 fully saturated rings. The van der Waals surface area contributed by atoms with Gasteiger partial charge in [0.1, 0.15) is 0 Å². The molecule has 0 aromatic heterocycles. The van der Waals surface area contributed by atoms with Crippen LogP contribution in [0.1, 0.15) is 46.5 Å². The molecule has 0 radical (unpaired) electrons. The second-order valence-corrected chi connectivity index (χ2v) is 5.64. The van der Waals surface area contributed by atoms with E-state index in [-0.39, 0.29) is 5.92 Å². The van der Waals surface area contributed by atoms with E-state index in [0.717, 1.165) is 18.6 Å². The number of rotatable bonds is 4. The molecule has 0 heterocycles. The summed E-state index contributed by atoms with van der Waals surface area (Å²) in [7, 11) is 0. The van der Waals surface area contributed by atoms with Crippen LogP contribution in [0.4, 0.5) is 0 Å². The Kier molecular flexibility index (Phi) is 5.44. The SMILES string of the molecule is CCCSC(=O)C(C)C1CC=C(C)CC1. The maximum absolute atomic E-state index is 11.8. The van der Waals surface area contributed by atoms with E-state index in [1.807, 2.05) is 0 Å². The van der Waals surface area contributed by atoms with E-state index in [0.29, 0.717) is 11.0 Å². The van der Waals surface area contributed by atoms with Crippen molar-refractivity contribution in [3.8, 4) is 0 Å². The van der Waals surface area contributed by atoms with E-state index in [1.54, 1.807) is 0 Å². The first-order chi connectivity index (χ1) is 7.15. The molecule has 0 bridgehead atoms. The van der Waals surface area contributed by atoms with Crippen molar-refractivity contribution in [1.29, 1.82) is 0 Å². The average Bonchev–Trinajstić information content (AvgIpc) is 2.26. The third kappa shape index (κ3) is 4.02. The maximum Gasteiger partial charge on any atom is 0.192 e. The fourth-order valence-corrected chi connectivity index (χ4v) is 2.83. The van der Waals surface area contributed by atoms with Gasteiger partial charge in [0, 0.05) is 11.7 Å². The van der Waals surface area contributed by atoms with Crippen LogP contribution in [0.2, 0.25) is 0 Å². The Balaban J connectivity index is 2.39. The molecular weight excluding hydrogens is 204 g/mol. The number of hydrogen-bond acceptors (Lipinski definition) is 2. The van der Waals surface area contributed by atoms with Gasteiger partial charge >= 0.3 is 0 Å². The molecule has 86 valence electrons. The summed E-state index contributed by atoms with van der Waals surface area (Å²) in [6.45, 7) is 6.41. The first-order valence-electron chi connectivity index (χ1n) is 5.97. The van der Waals surface area contributed by atoms with Crippen LogP contribution in [0, 0.1) is 11.8 Å². The summed E-state index contributed by atoms with van der Waals surface area (Å²) in [4.78, 5) is 11.8. The Labute approximate surface area is 97.7 Å². The minimum absolute atomic E-state index is 0.242. The first-order valence-corrected chi connectivity index (χ1v) is 6.96. The zero-order valence-corrected chi connectivity index (χ0v) is 10.9. The Hall–Kier alpha value is -0.240. The summed E-state index contributed by atoms with van der Waals surface area (Å²) in [5.41, 5.74) is 1.49. The van der Waals surface area contributed by atoms with Crippen LogP contribution in [0.25, 0.3) is 0 Å². The molecule has 0 N–H and O–H groups in total. The van der Waals surface area contributed by atoms with Crippen molar-refractivity contribution in [3.05, 3.63) is 11.6 Å². The van der Waals surface area contributed by atoms with E-state index < -0.39 is 0 Å². The molecule has 0 aromatic rings. The normalized spacial score (nSPS) is 23.4. The molecule has 0 aromatic carbocycles. The van der Waals surface area contributed by atoms with E-state index in [9.17, 15) is 4.79 Å². The van der Waals surface area contributed by atoms with Crippen molar-refractivity contribution in [3.63, 3.8) is 0 Å². The molecule has 0 aliphatic heterocycles. The third-order valence-corrected chi connectivity index (χ3v) is 4.47. The Morgan fingerprint density at radius 2 is 2.40 bits per heavy atom. The molecular formula is C13H22OS. The van der Waals surface area contributed by atoms with Crippen LogP contribution >= 0.6 is 11.8 Å². The largest absolute Gasteiger partial charge is 0.287 e. The first kappa shape index (κ1) is 12.8. The number of hydrogen-bond donors (Lipinski definition) is 0. The maximum atomic E-state index is 11.8. The predicted molar refractivity (Wildman–Crippen MR) is 68.0 cm³/mol. The minimum Gasteiger partial charge on any atom is -0.287 e. The van der Waals surface area contributed by atoms with Gasteiger partial charge in [0.25, 0.3) is 0 Å². The highest BCUT2D eigenvalue weighted by molar-refractivity contribution is 8.13. The van der Waals surface area contributed by atoms with Gasteiger partial charge in [-0.1, -0.05) is 37.3 Å². The van der Waals surface area contributed by atoms with Gasteiger partial charge in [-0.15, -0.1) is 0 Å². The zero-order chi connectivity index (χ0) is 11.3. The Bertz CT molecular complexity index is 245. The van der Waals surface area contributed by atoms with Gasteiger partial charge in [0.2, 0.25) is 0 Å². The molecule has 0 amide bonds. The highest BCUT2D eigenvalue weighted by Gasteiger charge is 2.24. The lowest BCUT2D eigenvalue weighted by Gasteiger charge is -2.25. The molecule has 1 nitrogen and oxygen atoms in total. The van der Waals surface area contributed by atoms with Gasteiger partial charge in [-0.2, -0.15) is 0 Å². The molecule has 2 atom stereocenters. The fourth-order valence-electron chi connectivity index (χ4n) is 1.97. The van der Waals surface area contributed by atoms with Crippen LogP contribution in [0.5, 0.6) is 0 Å². The van der Waals surface area contributed by atoms with Gasteiger partial charge in [-0.25, -0.2) is 0 Å². The van der Waals surface area contributed by atoms with E-state index in [4.69, 9.17) is 0 Å². The number of carbonyl (C=O) groups is 1. The van der Waals surface area contributed by atoms with Crippen molar-refractivity contribution in [2.45, 2.75) is 46.5 Å². The van der Waals surface area contributed by atoms with Crippen molar-refractivity contribution < 1.29 is 4.79 Å². The monoisotopic (exact) mass is 226 g/mol. The molecule has 0 saturated carbocycles. The zero-order valence-electron chi connectivity index (χ0n) is 10.1. The molecule has 1 rings (SSSR count). The van der Waals surface area contributed by atoms with Crippen molar-refractivity contribution >= 4 is 16.9 Å². The highest BCUT2D eigenvalue weighted by atomic mass is 32.2. The molecule has 0 saturated heterocycles. The van der Waals surface area contributed by atoms with Gasteiger partial charge in [-0.3, -0.25) is 4.79 Å². The number of carbonyl (C=O) groups excluding carboxylic acids is 1. The highest BCUT2D eigenvalue weighted by Crippen LogP contribution is 2.31. The second kappa shape index (κ2) is 6.37. The summed E-state index contributed by atoms with van der Waals surface area (Å²) >= 11 is 1.52. The van der Waals surface area contributed by atoms with Crippen LogP contribution in [0.15, 0.2) is 11.6 Å². The van der Waals surface area contributed by atoms with E-state index >= 15 is 0 Å². The molecule has 0 spiro atoms. The lowest BCUT2D eigenvalue weighted by molar-refractivity contribution is -0.115. The molecule has 2 heteroatoms. The fraction of sp³-hybridized carbons (Fsp3) is 0.769. The smallest absolute Gasteiger partial charge is 0.192 e.